The molecule has 0 unspecified atom stereocenters. The molecule has 26 heavy (non-hydrogen) atoms. The number of rotatable bonds is 4. The molecule has 0 saturated carbocycles. The summed E-state index contributed by atoms with van der Waals surface area (Å²) < 4.78 is 5.34. The van der Waals surface area contributed by atoms with Gasteiger partial charge < -0.3 is 15.0 Å². The van der Waals surface area contributed by atoms with E-state index in [1.54, 1.807) is 11.3 Å². The molecule has 0 spiro atoms. The zero-order chi connectivity index (χ0) is 18.5. The monoisotopic (exact) mass is 388 g/mol. The van der Waals surface area contributed by atoms with Gasteiger partial charge in [0.25, 0.3) is 0 Å². The topological polar surface area (TPSA) is 41.6 Å². The number of ether oxygens (including phenoxy) is 1. The lowest BCUT2D eigenvalue weighted by molar-refractivity contribution is 0.0529. The normalized spacial score (nSPS) is 14.2. The number of nitrogens with zero attached hydrogens (tertiary/aromatic N) is 1. The van der Waals surface area contributed by atoms with Crippen molar-refractivity contribution in [3.05, 3.63) is 40.8 Å². The summed E-state index contributed by atoms with van der Waals surface area (Å²) in [4.78, 5) is 16.0. The van der Waals surface area contributed by atoms with Crippen molar-refractivity contribution in [1.29, 1.82) is 0 Å². The molecule has 1 aromatic carbocycles. The zero-order valence-electron chi connectivity index (χ0n) is 15.2. The molecular weight excluding hydrogens is 364 g/mol. The molecule has 2 heterocycles. The number of carbonyl (C=O) groups excluding carboxylic acids is 1. The summed E-state index contributed by atoms with van der Waals surface area (Å²) in [5.74, 6) is -0.306. The first kappa shape index (κ1) is 18.9. The molecule has 1 saturated heterocycles. The van der Waals surface area contributed by atoms with Crippen molar-refractivity contribution in [2.45, 2.75) is 33.1 Å². The van der Waals surface area contributed by atoms with Crippen LogP contribution in [0.25, 0.3) is 11.1 Å². The summed E-state index contributed by atoms with van der Waals surface area (Å²) in [6, 6.07) is 9.97. The maximum atomic E-state index is 12.7. The minimum atomic E-state index is -0.306. The zero-order valence-corrected chi connectivity index (χ0v) is 16.8. The highest BCUT2D eigenvalue weighted by Crippen LogP contribution is 2.40. The number of anilines is 1. The third-order valence-corrected chi connectivity index (χ3v) is 5.87. The van der Waals surface area contributed by atoms with E-state index in [1.165, 1.54) is 6.42 Å². The summed E-state index contributed by atoms with van der Waals surface area (Å²) in [5, 5.41) is 4.79. The third-order valence-electron chi connectivity index (χ3n) is 4.49. The number of thiophene rings is 1. The fraction of sp³-hybridized carbons (Fsp3) is 0.400. The smallest absolute Gasteiger partial charge is 0.341 e. The first-order valence-corrected chi connectivity index (χ1v) is 10.3. The average Bonchev–Trinajstić information content (AvgIpc) is 2.99. The predicted molar refractivity (Wildman–Crippen MR) is 112 cm³/mol. The molecule has 138 valence electrons. The summed E-state index contributed by atoms with van der Waals surface area (Å²) in [6.45, 7) is 6.14. The van der Waals surface area contributed by atoms with Crippen LogP contribution in [0.2, 0.25) is 0 Å². The van der Waals surface area contributed by atoms with E-state index < -0.39 is 0 Å². The molecule has 6 heteroatoms. The molecule has 3 rings (SSSR count). The van der Waals surface area contributed by atoms with Gasteiger partial charge in [-0.3, -0.25) is 0 Å². The number of carbonyl (C=O) groups is 1. The quantitative estimate of drug-likeness (QED) is 0.584. The molecule has 1 N–H and O–H groups in total. The van der Waals surface area contributed by atoms with Crippen molar-refractivity contribution in [1.82, 2.24) is 4.90 Å². The lowest BCUT2D eigenvalue weighted by atomic mass is 10.0. The molecule has 0 bridgehead atoms. The van der Waals surface area contributed by atoms with Crippen LogP contribution in [0.15, 0.2) is 30.3 Å². The molecule has 0 amide bonds. The highest BCUT2D eigenvalue weighted by Gasteiger charge is 2.26. The molecule has 1 aliphatic heterocycles. The number of piperidine rings is 1. The number of benzene rings is 1. The van der Waals surface area contributed by atoms with E-state index in [2.05, 4.69) is 10.2 Å². The van der Waals surface area contributed by atoms with Gasteiger partial charge in [0.2, 0.25) is 0 Å². The highest BCUT2D eigenvalue weighted by molar-refractivity contribution is 7.80. The Bertz CT molecular complexity index is 781. The fourth-order valence-corrected chi connectivity index (χ4v) is 4.67. The lowest BCUT2D eigenvalue weighted by Gasteiger charge is -2.29. The predicted octanol–water partition coefficient (Wildman–Crippen LogP) is 5.08. The second-order valence-corrected chi connectivity index (χ2v) is 7.91. The maximum Gasteiger partial charge on any atom is 0.341 e. The maximum absolute atomic E-state index is 12.7. The van der Waals surface area contributed by atoms with Crippen LogP contribution in [-0.4, -0.2) is 35.7 Å². The molecular formula is C20H24N2O2S2. The Kier molecular flexibility index (Phi) is 6.27. The SMILES string of the molecule is CCOC(=O)c1c(NC(=S)N2CCCCC2)sc(C)c1-c1ccccc1. The average molecular weight is 389 g/mol. The summed E-state index contributed by atoms with van der Waals surface area (Å²) >= 11 is 7.16. The van der Waals surface area contributed by atoms with Crippen molar-refractivity contribution < 1.29 is 9.53 Å². The molecule has 1 aliphatic rings. The lowest BCUT2D eigenvalue weighted by Crippen LogP contribution is -2.38. The van der Waals surface area contributed by atoms with Crippen LogP contribution in [0.4, 0.5) is 5.00 Å². The van der Waals surface area contributed by atoms with Crippen LogP contribution >= 0.6 is 23.6 Å². The number of likely N-dealkylation sites (tertiary alicyclic amines) is 1. The van der Waals surface area contributed by atoms with E-state index in [1.807, 2.05) is 44.2 Å². The second-order valence-electron chi connectivity index (χ2n) is 6.30. The van der Waals surface area contributed by atoms with Crippen molar-refractivity contribution in [2.75, 3.05) is 25.0 Å². The van der Waals surface area contributed by atoms with Gasteiger partial charge in [-0.25, -0.2) is 4.79 Å². The summed E-state index contributed by atoms with van der Waals surface area (Å²) in [7, 11) is 0. The van der Waals surface area contributed by atoms with Gasteiger partial charge in [0.05, 0.1) is 6.61 Å². The number of aryl methyl sites for hydroxylation is 1. The molecule has 0 radical (unpaired) electrons. The van der Waals surface area contributed by atoms with Gasteiger partial charge in [0.15, 0.2) is 5.11 Å². The van der Waals surface area contributed by atoms with E-state index in [0.29, 0.717) is 17.3 Å². The molecule has 4 nitrogen and oxygen atoms in total. The number of hydrogen-bond acceptors (Lipinski definition) is 4. The van der Waals surface area contributed by atoms with E-state index in [-0.39, 0.29) is 5.97 Å². The van der Waals surface area contributed by atoms with E-state index in [0.717, 1.165) is 46.9 Å². The van der Waals surface area contributed by atoms with E-state index in [4.69, 9.17) is 17.0 Å². The fourth-order valence-electron chi connectivity index (χ4n) is 3.26. The van der Waals surface area contributed by atoms with Crippen LogP contribution in [0.5, 0.6) is 0 Å². The molecule has 0 aliphatic carbocycles. The Morgan fingerprint density at radius 3 is 2.58 bits per heavy atom. The number of nitrogens with one attached hydrogen (secondary N) is 1. The Balaban J connectivity index is 1.96. The first-order chi connectivity index (χ1) is 12.6. The second kappa shape index (κ2) is 8.64. The number of hydrogen-bond donors (Lipinski definition) is 1. The minimum absolute atomic E-state index is 0.306. The van der Waals surface area contributed by atoms with Crippen molar-refractivity contribution >= 4 is 39.6 Å². The van der Waals surface area contributed by atoms with Crippen molar-refractivity contribution in [3.8, 4) is 11.1 Å². The first-order valence-electron chi connectivity index (χ1n) is 9.03. The largest absolute Gasteiger partial charge is 0.462 e. The van der Waals surface area contributed by atoms with Crippen molar-refractivity contribution in [2.24, 2.45) is 0 Å². The Morgan fingerprint density at radius 2 is 1.92 bits per heavy atom. The third kappa shape index (κ3) is 4.07. The summed E-state index contributed by atoms with van der Waals surface area (Å²) in [6.07, 6.45) is 3.57. The minimum Gasteiger partial charge on any atom is -0.462 e. The van der Waals surface area contributed by atoms with Gasteiger partial charge in [-0.1, -0.05) is 30.3 Å². The van der Waals surface area contributed by atoms with Gasteiger partial charge in [0.1, 0.15) is 10.6 Å². The van der Waals surface area contributed by atoms with E-state index >= 15 is 0 Å². The number of esters is 1. The van der Waals surface area contributed by atoms with Crippen molar-refractivity contribution in [3.63, 3.8) is 0 Å². The molecule has 2 aromatic rings. The molecule has 1 fully saturated rings. The van der Waals surface area contributed by atoms with Gasteiger partial charge in [-0.05, 0) is 50.9 Å². The Labute approximate surface area is 164 Å². The molecule has 1 aromatic heterocycles. The summed E-state index contributed by atoms with van der Waals surface area (Å²) in [5.41, 5.74) is 2.53. The van der Waals surface area contributed by atoms with Gasteiger partial charge in [0, 0.05) is 23.5 Å². The van der Waals surface area contributed by atoms with E-state index in [9.17, 15) is 4.79 Å². The number of thiocarbonyl (C=S) groups is 1. The highest BCUT2D eigenvalue weighted by atomic mass is 32.1. The standard InChI is InChI=1S/C20H24N2O2S2/c1-3-24-19(23)17-16(15-10-6-4-7-11-15)14(2)26-18(17)21-20(25)22-12-8-5-9-13-22/h4,6-7,10-11H,3,5,8-9,12-13H2,1-2H3,(H,21,25). The van der Waals surface area contributed by atoms with Gasteiger partial charge in [-0.2, -0.15) is 0 Å². The van der Waals surface area contributed by atoms with Crippen LogP contribution in [-0.2, 0) is 4.74 Å². The Hall–Kier alpha value is -1.92. The van der Waals surface area contributed by atoms with Crippen LogP contribution < -0.4 is 5.32 Å². The van der Waals surface area contributed by atoms with Gasteiger partial charge in [-0.15, -0.1) is 11.3 Å². The van der Waals surface area contributed by atoms with Crippen LogP contribution in [0, 0.1) is 6.92 Å². The van der Waals surface area contributed by atoms with Gasteiger partial charge >= 0.3 is 5.97 Å². The molecule has 0 atom stereocenters. The Morgan fingerprint density at radius 1 is 1.23 bits per heavy atom. The van der Waals surface area contributed by atoms with Crippen LogP contribution in [0.3, 0.4) is 0 Å². The van der Waals surface area contributed by atoms with Crippen LogP contribution in [0.1, 0.15) is 41.4 Å².